The lowest BCUT2D eigenvalue weighted by atomic mass is 9.59. The van der Waals surface area contributed by atoms with E-state index >= 15 is 0 Å². The van der Waals surface area contributed by atoms with E-state index in [1.165, 1.54) is 38.5 Å². The predicted octanol–water partition coefficient (Wildman–Crippen LogP) is 2.44. The molecule has 0 aromatic rings. The van der Waals surface area contributed by atoms with Crippen molar-refractivity contribution in [2.24, 2.45) is 69.5 Å². The molecule has 0 radical (unpaired) electrons. The van der Waals surface area contributed by atoms with Gasteiger partial charge in [-0.15, -0.1) is 0 Å². The van der Waals surface area contributed by atoms with Gasteiger partial charge in [0.25, 0.3) is 0 Å². The maximum absolute atomic E-state index is 12.6. The molecule has 0 aromatic heterocycles. The summed E-state index contributed by atoms with van der Waals surface area (Å²) in [7, 11) is 0. The van der Waals surface area contributed by atoms with Crippen molar-refractivity contribution in [3.05, 3.63) is 0 Å². The van der Waals surface area contributed by atoms with Crippen molar-refractivity contribution in [1.82, 2.24) is 0 Å². The first-order chi connectivity index (χ1) is 11.0. The molecule has 10 aliphatic rings. The van der Waals surface area contributed by atoms with Crippen LogP contribution in [-0.2, 0) is 0 Å². The zero-order valence-corrected chi connectivity index (χ0v) is 13.8. The van der Waals surface area contributed by atoms with Gasteiger partial charge in [-0.2, -0.15) is 0 Å². The second kappa shape index (κ2) is 2.42. The van der Waals surface area contributed by atoms with Crippen molar-refractivity contribution < 1.29 is 10.2 Å². The highest BCUT2D eigenvalue weighted by molar-refractivity contribution is 5.58. The van der Waals surface area contributed by atoms with E-state index in [-0.39, 0.29) is 16.2 Å². The summed E-state index contributed by atoms with van der Waals surface area (Å²) < 4.78 is 0. The highest BCUT2D eigenvalue weighted by atomic mass is 16.4. The van der Waals surface area contributed by atoms with E-state index in [9.17, 15) is 10.2 Å². The highest BCUT2D eigenvalue weighted by Gasteiger charge is 3.10. The molecule has 0 saturated heterocycles. The van der Waals surface area contributed by atoms with Gasteiger partial charge >= 0.3 is 0 Å². The van der Waals surface area contributed by atoms with Crippen LogP contribution in [0.3, 0.4) is 0 Å². The number of rotatable bonds is 0. The molecule has 0 amide bonds. The summed E-state index contributed by atoms with van der Waals surface area (Å²) in [5.74, 6) is 6.85. The minimum atomic E-state index is -0.710. The van der Waals surface area contributed by atoms with Gasteiger partial charge in [0.05, 0.1) is 0 Å². The van der Waals surface area contributed by atoms with Crippen molar-refractivity contribution in [2.75, 3.05) is 0 Å². The zero-order chi connectivity index (χ0) is 14.9. The fourth-order valence-corrected chi connectivity index (χ4v) is 14.4. The first kappa shape index (κ1) is 11.5. The first-order valence-corrected chi connectivity index (χ1v) is 10.5. The van der Waals surface area contributed by atoms with Gasteiger partial charge in [0.2, 0.25) is 0 Å². The van der Waals surface area contributed by atoms with Crippen LogP contribution in [0.4, 0.5) is 0 Å². The van der Waals surface area contributed by atoms with Crippen molar-refractivity contribution >= 4 is 0 Å². The molecule has 0 unspecified atom stereocenters. The lowest BCUT2D eigenvalue weighted by Gasteiger charge is -2.51. The smallest absolute Gasteiger partial charge is 0.106 e. The van der Waals surface area contributed by atoms with Crippen LogP contribution in [0.2, 0.25) is 0 Å². The second-order valence-electron chi connectivity index (χ2n) is 11.6. The molecule has 10 fully saturated rings. The third kappa shape index (κ3) is 0.532. The molecule has 2 heteroatoms. The van der Waals surface area contributed by atoms with Gasteiger partial charge < -0.3 is 10.2 Å². The molecule has 0 aliphatic heterocycles. The van der Waals surface area contributed by atoms with E-state index in [0.29, 0.717) is 17.8 Å². The fourth-order valence-electron chi connectivity index (χ4n) is 14.4. The highest BCUT2D eigenvalue weighted by Crippen LogP contribution is 3.07. The van der Waals surface area contributed by atoms with E-state index in [2.05, 4.69) is 6.92 Å². The Hall–Kier alpha value is -0.0800. The summed E-state index contributed by atoms with van der Waals surface area (Å²) in [6, 6.07) is 0. The molecule has 2 spiro atoms. The fraction of sp³-hybridized carbons (Fsp3) is 1.00. The Morgan fingerprint density at radius 3 is 2.35 bits per heavy atom. The van der Waals surface area contributed by atoms with Crippen molar-refractivity contribution in [3.8, 4) is 0 Å². The minimum Gasteiger partial charge on any atom is -0.386 e. The molecule has 2 nitrogen and oxygen atoms in total. The summed E-state index contributed by atoms with van der Waals surface area (Å²) in [5.41, 5.74) is -1.03. The zero-order valence-electron chi connectivity index (χ0n) is 13.8. The Morgan fingerprint density at radius 2 is 1.52 bits per heavy atom. The summed E-state index contributed by atoms with van der Waals surface area (Å²) in [6.45, 7) is 2.48. The largest absolute Gasteiger partial charge is 0.386 e. The van der Waals surface area contributed by atoms with Gasteiger partial charge in [-0.3, -0.25) is 0 Å². The van der Waals surface area contributed by atoms with Gasteiger partial charge in [-0.25, -0.2) is 0 Å². The SMILES string of the molecule is C[C@@]12[C@H]3[C@@H]4[C@@H]5[C@@H]6[C@H]7[C@@H]4[C@@]4(CCC[C@H]34)[C@]1(O)[C@@]7(O)[C@@]1(CCC[C@@H]61)[C@@H]52. The van der Waals surface area contributed by atoms with Crippen molar-refractivity contribution in [1.29, 1.82) is 0 Å². The van der Waals surface area contributed by atoms with Gasteiger partial charge in [0, 0.05) is 16.2 Å². The van der Waals surface area contributed by atoms with Crippen LogP contribution >= 0.6 is 0 Å². The lowest BCUT2D eigenvalue weighted by molar-refractivity contribution is -0.224. The van der Waals surface area contributed by atoms with Crippen molar-refractivity contribution in [2.45, 2.75) is 56.7 Å². The van der Waals surface area contributed by atoms with Crippen LogP contribution in [0.1, 0.15) is 45.4 Å². The molecule has 23 heavy (non-hydrogen) atoms. The van der Waals surface area contributed by atoms with E-state index in [1.54, 1.807) is 0 Å². The summed E-state index contributed by atoms with van der Waals surface area (Å²) in [6.07, 6.45) is 7.85. The third-order valence-corrected chi connectivity index (χ3v) is 13.0. The standard InChI is InChI=1S/C21H26O2/c1-17-13-9-5-3-6-18(9)14-12(13)11-10-8-4-2-7-19(8,16(11)17)20(22,15(10)14)21(17,18)23/h8-16,22-23H,2-7H2,1H3/t8-,9+,10+,11-,12-,13+,14+,15-,16-,17-,18-,19+,20-,21-/m0/s1. The average Bonchev–Trinajstić information content (AvgIpc) is 3.26. The Kier molecular flexibility index (Phi) is 1.21. The topological polar surface area (TPSA) is 40.5 Å². The molecular formula is C21H26O2. The van der Waals surface area contributed by atoms with E-state index in [1.807, 2.05) is 0 Å². The maximum Gasteiger partial charge on any atom is 0.106 e. The van der Waals surface area contributed by atoms with Gasteiger partial charge in [0.1, 0.15) is 11.2 Å². The number of hydrogen-bond donors (Lipinski definition) is 2. The molecule has 10 saturated carbocycles. The summed E-state index contributed by atoms with van der Waals surface area (Å²) in [4.78, 5) is 0. The van der Waals surface area contributed by atoms with Crippen LogP contribution in [-0.4, -0.2) is 21.4 Å². The monoisotopic (exact) mass is 310 g/mol. The molecule has 4 bridgehead atoms. The van der Waals surface area contributed by atoms with Gasteiger partial charge in [0.15, 0.2) is 0 Å². The summed E-state index contributed by atoms with van der Waals surface area (Å²) >= 11 is 0. The molecule has 14 atom stereocenters. The van der Waals surface area contributed by atoms with Crippen LogP contribution in [0.15, 0.2) is 0 Å². The van der Waals surface area contributed by atoms with Crippen LogP contribution in [0, 0.1) is 69.5 Å². The Morgan fingerprint density at radius 1 is 0.783 bits per heavy atom. The van der Waals surface area contributed by atoms with E-state index < -0.39 is 11.2 Å². The molecule has 0 heterocycles. The molecule has 0 aromatic carbocycles. The van der Waals surface area contributed by atoms with E-state index in [0.717, 1.165) is 35.5 Å². The Balaban J connectivity index is 1.55. The molecular weight excluding hydrogens is 284 g/mol. The first-order valence-electron chi connectivity index (χ1n) is 10.5. The quantitative estimate of drug-likeness (QED) is 0.721. The number of aliphatic hydroxyl groups is 2. The molecule has 122 valence electrons. The summed E-state index contributed by atoms with van der Waals surface area (Å²) in [5, 5.41) is 25.1. The second-order valence-corrected chi connectivity index (χ2v) is 11.6. The maximum atomic E-state index is 12.6. The Labute approximate surface area is 137 Å². The Bertz CT molecular complexity index is 761. The predicted molar refractivity (Wildman–Crippen MR) is 82.0 cm³/mol. The van der Waals surface area contributed by atoms with E-state index in [4.69, 9.17) is 0 Å². The van der Waals surface area contributed by atoms with Gasteiger partial charge in [-0.1, -0.05) is 19.8 Å². The third-order valence-electron chi connectivity index (χ3n) is 13.0. The minimum absolute atomic E-state index is 0.0707. The molecule has 2 N–H and O–H groups in total. The molecule has 10 rings (SSSR count). The number of hydrogen-bond acceptors (Lipinski definition) is 2. The molecule has 10 aliphatic carbocycles. The average molecular weight is 310 g/mol. The normalized spacial score (nSPS) is 90.7. The van der Waals surface area contributed by atoms with Crippen molar-refractivity contribution in [3.63, 3.8) is 0 Å². The van der Waals surface area contributed by atoms with Crippen LogP contribution < -0.4 is 0 Å². The lowest BCUT2D eigenvalue weighted by Crippen LogP contribution is -2.64. The van der Waals surface area contributed by atoms with Crippen LogP contribution in [0.5, 0.6) is 0 Å². The van der Waals surface area contributed by atoms with Gasteiger partial charge in [-0.05, 0) is 78.9 Å². The van der Waals surface area contributed by atoms with Crippen LogP contribution in [0.25, 0.3) is 0 Å².